The van der Waals surface area contributed by atoms with Gasteiger partial charge in [-0.1, -0.05) is 12.1 Å². The summed E-state index contributed by atoms with van der Waals surface area (Å²) < 4.78 is 1.61. The minimum absolute atomic E-state index is 0.118. The molecular formula is C23H29N3O3. The van der Waals surface area contributed by atoms with Crippen molar-refractivity contribution in [3.05, 3.63) is 40.2 Å². The molecule has 6 heteroatoms. The molecule has 154 valence electrons. The van der Waals surface area contributed by atoms with Gasteiger partial charge in [-0.05, 0) is 71.0 Å². The summed E-state index contributed by atoms with van der Waals surface area (Å²) in [4.78, 5) is 29.1. The van der Waals surface area contributed by atoms with Crippen LogP contribution in [0.3, 0.4) is 0 Å². The number of piperidine rings is 2. The van der Waals surface area contributed by atoms with Gasteiger partial charge in [0.25, 0.3) is 11.5 Å². The summed E-state index contributed by atoms with van der Waals surface area (Å²) in [5, 5.41) is 14.7. The molecule has 2 saturated heterocycles. The summed E-state index contributed by atoms with van der Waals surface area (Å²) in [6.07, 6.45) is 5.23. The molecule has 2 aliphatic heterocycles. The fourth-order valence-corrected chi connectivity index (χ4v) is 6.35. The van der Waals surface area contributed by atoms with Gasteiger partial charge in [0.15, 0.2) is 0 Å². The van der Waals surface area contributed by atoms with Gasteiger partial charge in [-0.3, -0.25) is 9.59 Å². The molecule has 0 spiro atoms. The lowest BCUT2D eigenvalue weighted by Gasteiger charge is -2.60. The molecule has 4 bridgehead atoms. The summed E-state index contributed by atoms with van der Waals surface area (Å²) in [6.45, 7) is 3.84. The van der Waals surface area contributed by atoms with Crippen molar-refractivity contribution in [3.8, 4) is 5.75 Å². The largest absolute Gasteiger partial charge is 0.506 e. The minimum Gasteiger partial charge on any atom is -0.506 e. The molecule has 29 heavy (non-hydrogen) atoms. The summed E-state index contributed by atoms with van der Waals surface area (Å²) in [5.41, 5.74) is -0.150. The molecule has 2 unspecified atom stereocenters. The topological polar surface area (TPSA) is 74.6 Å². The number of para-hydroxylation sites is 1. The Morgan fingerprint density at radius 3 is 2.48 bits per heavy atom. The molecule has 4 fully saturated rings. The van der Waals surface area contributed by atoms with E-state index in [1.54, 1.807) is 10.6 Å². The second kappa shape index (κ2) is 6.33. The van der Waals surface area contributed by atoms with Crippen molar-refractivity contribution in [3.63, 3.8) is 0 Å². The molecule has 2 aromatic rings. The number of carbonyl (C=O) groups excluding carboxylic acids is 1. The van der Waals surface area contributed by atoms with E-state index in [0.717, 1.165) is 19.3 Å². The molecular weight excluding hydrogens is 366 g/mol. The Morgan fingerprint density at radius 2 is 1.83 bits per heavy atom. The van der Waals surface area contributed by atoms with Crippen molar-refractivity contribution in [1.82, 2.24) is 14.8 Å². The predicted octanol–water partition coefficient (Wildman–Crippen LogP) is 3.03. The highest BCUT2D eigenvalue weighted by atomic mass is 16.3. The molecule has 2 aliphatic carbocycles. The molecule has 4 aliphatic rings. The molecule has 2 N–H and O–H groups in total. The third-order valence-corrected chi connectivity index (χ3v) is 7.51. The molecule has 2 saturated carbocycles. The minimum atomic E-state index is -0.433. The van der Waals surface area contributed by atoms with E-state index in [-0.39, 0.29) is 22.9 Å². The highest BCUT2D eigenvalue weighted by Gasteiger charge is 2.54. The van der Waals surface area contributed by atoms with Gasteiger partial charge < -0.3 is 19.9 Å². The number of nitrogens with zero attached hydrogens (tertiary/aromatic N) is 2. The van der Waals surface area contributed by atoms with Gasteiger partial charge >= 0.3 is 0 Å². The van der Waals surface area contributed by atoms with Crippen LogP contribution >= 0.6 is 0 Å². The second-order valence-corrected chi connectivity index (χ2v) is 9.67. The van der Waals surface area contributed by atoms with Crippen LogP contribution in [-0.2, 0) is 0 Å². The summed E-state index contributed by atoms with van der Waals surface area (Å²) in [5.74, 6) is 0.000579. The zero-order valence-corrected chi connectivity index (χ0v) is 17.3. The van der Waals surface area contributed by atoms with E-state index in [2.05, 4.69) is 17.3 Å². The molecule has 6 rings (SSSR count). The standard InChI is InChI=1S/C23H29N3O3/c1-13(2)26-18-7-5-4-6-17(18)20(27)19(22(26)29)21(28)24-23-10-14-8-15(11-23)25(3)16(9-14)12-23/h4-7,13-16,27H,8-12H2,1-3H3,(H,24,28)/t14?,15-,16+,23?. The van der Waals surface area contributed by atoms with Gasteiger partial charge in [0.1, 0.15) is 11.3 Å². The van der Waals surface area contributed by atoms with Crippen molar-refractivity contribution in [2.45, 2.75) is 69.6 Å². The number of carbonyl (C=O) groups is 1. The van der Waals surface area contributed by atoms with Crippen molar-refractivity contribution in [2.75, 3.05) is 7.05 Å². The zero-order chi connectivity index (χ0) is 20.5. The second-order valence-electron chi connectivity index (χ2n) is 9.67. The first kappa shape index (κ1) is 18.7. The maximum absolute atomic E-state index is 13.4. The fourth-order valence-electron chi connectivity index (χ4n) is 6.35. The Bertz CT molecular complexity index is 1040. The van der Waals surface area contributed by atoms with Crippen LogP contribution in [0, 0.1) is 5.92 Å². The lowest BCUT2D eigenvalue weighted by molar-refractivity contribution is -0.0665. The highest BCUT2D eigenvalue weighted by molar-refractivity contribution is 6.02. The number of hydrogen-bond acceptors (Lipinski definition) is 4. The normalized spacial score (nSPS) is 31.0. The number of benzene rings is 1. The first-order chi connectivity index (χ1) is 13.8. The average molecular weight is 396 g/mol. The zero-order valence-electron chi connectivity index (χ0n) is 17.3. The SMILES string of the molecule is CC(C)n1c(=O)c(C(=O)NC23CC4C[C@H](C2)N(C)[C@@H](C4)C3)c(O)c2ccccc21. The smallest absolute Gasteiger partial charge is 0.267 e. The average Bonchev–Trinajstić information content (AvgIpc) is 2.65. The van der Waals surface area contributed by atoms with Gasteiger partial charge in [-0.25, -0.2) is 0 Å². The Kier molecular flexibility index (Phi) is 4.07. The Hall–Kier alpha value is -2.34. The van der Waals surface area contributed by atoms with Crippen molar-refractivity contribution in [1.29, 1.82) is 0 Å². The van der Waals surface area contributed by atoms with Gasteiger partial charge in [-0.15, -0.1) is 0 Å². The third-order valence-electron chi connectivity index (χ3n) is 7.51. The maximum atomic E-state index is 13.4. The number of fused-ring (bicyclic) bond motifs is 1. The number of pyridine rings is 1. The molecule has 4 atom stereocenters. The van der Waals surface area contributed by atoms with Crippen LogP contribution in [0.15, 0.2) is 29.1 Å². The van der Waals surface area contributed by atoms with Crippen LogP contribution in [0.2, 0.25) is 0 Å². The number of amides is 1. The fraction of sp³-hybridized carbons (Fsp3) is 0.565. The molecule has 1 aromatic heterocycles. The summed E-state index contributed by atoms with van der Waals surface area (Å²) in [6, 6.07) is 8.11. The summed E-state index contributed by atoms with van der Waals surface area (Å²) >= 11 is 0. The van der Waals surface area contributed by atoms with E-state index in [1.165, 1.54) is 12.8 Å². The van der Waals surface area contributed by atoms with Crippen molar-refractivity contribution in [2.24, 2.45) is 5.92 Å². The Balaban J connectivity index is 1.57. The maximum Gasteiger partial charge on any atom is 0.267 e. The van der Waals surface area contributed by atoms with Crippen LogP contribution < -0.4 is 10.9 Å². The number of aromatic nitrogens is 1. The Labute approximate surface area is 170 Å². The third kappa shape index (κ3) is 2.72. The Morgan fingerprint density at radius 1 is 1.17 bits per heavy atom. The molecule has 1 amide bonds. The molecule has 3 heterocycles. The van der Waals surface area contributed by atoms with Gasteiger partial charge in [0.2, 0.25) is 0 Å². The van der Waals surface area contributed by atoms with Crippen LogP contribution in [-0.4, -0.2) is 45.2 Å². The van der Waals surface area contributed by atoms with Gasteiger partial charge in [-0.2, -0.15) is 0 Å². The van der Waals surface area contributed by atoms with E-state index in [4.69, 9.17) is 0 Å². The number of nitrogens with one attached hydrogen (secondary N) is 1. The van der Waals surface area contributed by atoms with Crippen LogP contribution in [0.4, 0.5) is 0 Å². The van der Waals surface area contributed by atoms with Crippen LogP contribution in [0.5, 0.6) is 5.75 Å². The number of rotatable bonds is 3. The lowest BCUT2D eigenvalue weighted by atomic mass is 9.59. The quantitative estimate of drug-likeness (QED) is 0.838. The van der Waals surface area contributed by atoms with Crippen molar-refractivity contribution >= 4 is 16.8 Å². The monoisotopic (exact) mass is 395 g/mol. The molecule has 6 nitrogen and oxygen atoms in total. The van der Waals surface area contributed by atoms with Gasteiger partial charge in [0, 0.05) is 29.1 Å². The first-order valence-corrected chi connectivity index (χ1v) is 10.7. The predicted molar refractivity (Wildman–Crippen MR) is 112 cm³/mol. The van der Waals surface area contributed by atoms with E-state index >= 15 is 0 Å². The van der Waals surface area contributed by atoms with E-state index < -0.39 is 11.5 Å². The highest BCUT2D eigenvalue weighted by Crippen LogP contribution is 2.50. The van der Waals surface area contributed by atoms with Crippen molar-refractivity contribution < 1.29 is 9.90 Å². The van der Waals surface area contributed by atoms with E-state index in [1.807, 2.05) is 32.0 Å². The summed E-state index contributed by atoms with van der Waals surface area (Å²) in [7, 11) is 2.19. The number of aromatic hydroxyl groups is 1. The molecule has 0 radical (unpaired) electrons. The first-order valence-electron chi connectivity index (χ1n) is 10.7. The van der Waals surface area contributed by atoms with E-state index in [0.29, 0.717) is 28.9 Å². The molecule has 1 aromatic carbocycles. The number of hydrogen-bond donors (Lipinski definition) is 2. The van der Waals surface area contributed by atoms with Crippen LogP contribution in [0.1, 0.15) is 62.4 Å². The van der Waals surface area contributed by atoms with E-state index in [9.17, 15) is 14.7 Å². The van der Waals surface area contributed by atoms with Gasteiger partial charge in [0.05, 0.1) is 5.52 Å². The lowest BCUT2D eigenvalue weighted by Crippen LogP contribution is -2.68. The van der Waals surface area contributed by atoms with Crippen LogP contribution in [0.25, 0.3) is 10.9 Å².